The number of carboxylic acid groups (broad SMARTS) is 1. The van der Waals surface area contributed by atoms with Crippen LogP contribution in [-0.4, -0.2) is 52.2 Å². The van der Waals surface area contributed by atoms with Crippen molar-refractivity contribution >= 4 is 30.4 Å². The molecule has 2 atom stereocenters. The van der Waals surface area contributed by atoms with Crippen molar-refractivity contribution in [3.05, 3.63) is 29.1 Å². The number of primary amides is 1. The number of carbonyl (C=O) groups is 3. The first kappa shape index (κ1) is 22.2. The quantitative estimate of drug-likeness (QED) is 0.671. The van der Waals surface area contributed by atoms with Crippen molar-refractivity contribution in [2.45, 2.75) is 70.7 Å². The number of hydrogen-bond donors (Lipinski definition) is 2. The Hall–Kier alpha value is -2.46. The van der Waals surface area contributed by atoms with Crippen LogP contribution in [0.2, 0.25) is 0 Å². The van der Waals surface area contributed by atoms with Crippen LogP contribution < -0.4 is 11.2 Å². The fraction of sp³-hybridized carbons (Fsp3) is 0.550. The van der Waals surface area contributed by atoms with E-state index >= 15 is 4.39 Å². The van der Waals surface area contributed by atoms with Gasteiger partial charge in [0.2, 0.25) is 5.91 Å². The molecule has 2 aliphatic rings. The van der Waals surface area contributed by atoms with Gasteiger partial charge in [-0.25, -0.2) is 4.39 Å². The number of nitrogens with zero attached hydrogens (tertiary/aromatic N) is 1. The number of carbonyl (C=O) groups excluding carboxylic acids is 2. The summed E-state index contributed by atoms with van der Waals surface area (Å²) in [6.45, 7) is 8.99. The number of hydrogen-bond acceptors (Lipinski definition) is 5. The predicted octanol–water partition coefficient (Wildman–Crippen LogP) is 1.36. The van der Waals surface area contributed by atoms with E-state index in [0.29, 0.717) is 0 Å². The lowest BCUT2D eigenvalue weighted by molar-refractivity contribution is -0.137. The van der Waals surface area contributed by atoms with Crippen molar-refractivity contribution in [3.8, 4) is 0 Å². The molecule has 2 heterocycles. The van der Waals surface area contributed by atoms with E-state index < -0.39 is 54.0 Å². The molecule has 1 aromatic rings. The number of aliphatic carboxylic acids is 1. The van der Waals surface area contributed by atoms with Gasteiger partial charge >= 0.3 is 13.1 Å². The summed E-state index contributed by atoms with van der Waals surface area (Å²) in [7, 11) is -0.949. The third-order valence-electron chi connectivity index (χ3n) is 6.31. The van der Waals surface area contributed by atoms with Gasteiger partial charge < -0.3 is 25.0 Å². The number of carboxylic acids is 1. The molecule has 0 spiro atoms. The van der Waals surface area contributed by atoms with E-state index in [9.17, 15) is 14.4 Å². The lowest BCUT2D eigenvalue weighted by atomic mass is 9.76. The zero-order valence-electron chi connectivity index (χ0n) is 17.7. The lowest BCUT2D eigenvalue weighted by Gasteiger charge is -2.32. The molecular weight excluding hydrogens is 394 g/mol. The number of fused-ring (bicyclic) bond motifs is 1. The monoisotopic (exact) mass is 420 g/mol. The maximum atomic E-state index is 15.6. The van der Waals surface area contributed by atoms with E-state index in [0.717, 1.165) is 4.90 Å². The molecule has 0 aromatic heterocycles. The van der Waals surface area contributed by atoms with Gasteiger partial charge in [0, 0.05) is 23.0 Å². The Kier molecular flexibility index (Phi) is 5.45. The van der Waals surface area contributed by atoms with E-state index in [-0.39, 0.29) is 29.4 Å². The maximum absolute atomic E-state index is 15.6. The molecule has 1 saturated heterocycles. The first-order chi connectivity index (χ1) is 13.8. The molecule has 0 aliphatic carbocycles. The SMILES string of the molecule is C[C@@H]1c2c(ccc(B3OC(C)(C)C(C)(C)O3)c2F)C(=O)N1[C@@H](CCC(=O)O)C(N)=O. The summed E-state index contributed by atoms with van der Waals surface area (Å²) in [5.74, 6) is -3.16. The van der Waals surface area contributed by atoms with E-state index in [4.69, 9.17) is 20.1 Å². The fourth-order valence-electron chi connectivity index (χ4n) is 3.90. The molecule has 0 radical (unpaired) electrons. The summed E-state index contributed by atoms with van der Waals surface area (Å²) >= 11 is 0. The molecule has 0 unspecified atom stereocenters. The Bertz CT molecular complexity index is 903. The van der Waals surface area contributed by atoms with Gasteiger partial charge in [-0.15, -0.1) is 0 Å². The number of rotatable bonds is 6. The molecule has 8 nitrogen and oxygen atoms in total. The second-order valence-electron chi connectivity index (χ2n) is 8.76. The van der Waals surface area contributed by atoms with Crippen molar-refractivity contribution in [2.75, 3.05) is 0 Å². The largest absolute Gasteiger partial charge is 0.497 e. The molecular formula is C20H26BFN2O6. The smallest absolute Gasteiger partial charge is 0.481 e. The maximum Gasteiger partial charge on any atom is 0.497 e. The van der Waals surface area contributed by atoms with Crippen molar-refractivity contribution in [3.63, 3.8) is 0 Å². The zero-order valence-corrected chi connectivity index (χ0v) is 17.7. The topological polar surface area (TPSA) is 119 Å². The number of amides is 2. The van der Waals surface area contributed by atoms with Crippen LogP contribution >= 0.6 is 0 Å². The normalized spacial score (nSPS) is 22.9. The molecule has 2 amide bonds. The van der Waals surface area contributed by atoms with E-state index in [2.05, 4.69) is 0 Å². The van der Waals surface area contributed by atoms with E-state index in [1.165, 1.54) is 12.1 Å². The lowest BCUT2D eigenvalue weighted by Crippen LogP contribution is -2.46. The third kappa shape index (κ3) is 3.48. The van der Waals surface area contributed by atoms with Gasteiger partial charge in [-0.2, -0.15) is 0 Å². The van der Waals surface area contributed by atoms with Crippen LogP contribution in [0.15, 0.2) is 12.1 Å². The average Bonchev–Trinajstić information content (AvgIpc) is 2.98. The Balaban J connectivity index is 1.97. The van der Waals surface area contributed by atoms with Crippen LogP contribution in [0, 0.1) is 5.82 Å². The van der Waals surface area contributed by atoms with Gasteiger partial charge in [0.15, 0.2) is 0 Å². The van der Waals surface area contributed by atoms with E-state index in [1.807, 2.05) is 27.7 Å². The summed E-state index contributed by atoms with van der Waals surface area (Å²) in [5, 5.41) is 8.94. The first-order valence-electron chi connectivity index (χ1n) is 9.80. The highest BCUT2D eigenvalue weighted by molar-refractivity contribution is 6.62. The molecule has 162 valence electrons. The first-order valence-corrected chi connectivity index (χ1v) is 9.80. The number of benzene rings is 1. The third-order valence-corrected chi connectivity index (χ3v) is 6.31. The van der Waals surface area contributed by atoms with Crippen LogP contribution in [-0.2, 0) is 18.9 Å². The van der Waals surface area contributed by atoms with Gasteiger partial charge in [0.25, 0.3) is 5.91 Å². The van der Waals surface area contributed by atoms with Gasteiger partial charge in [-0.05, 0) is 47.1 Å². The molecule has 3 N–H and O–H groups in total. The standard InChI is InChI=1S/C20H26BFN2O6/c1-10-15-11(18(28)24(10)13(17(23)27)8-9-14(25)26)6-7-12(16(15)22)21-29-19(2,3)20(4,5)30-21/h6-7,10,13H,8-9H2,1-5H3,(H2,23,27)(H,25,26)/t10-,13+/m1/s1. The van der Waals surface area contributed by atoms with Gasteiger partial charge in [-0.3, -0.25) is 14.4 Å². The highest BCUT2D eigenvalue weighted by Crippen LogP contribution is 2.40. The fourth-order valence-corrected chi connectivity index (χ4v) is 3.90. The molecule has 1 fully saturated rings. The van der Waals surface area contributed by atoms with Crippen molar-refractivity contribution in [1.82, 2.24) is 4.90 Å². The van der Waals surface area contributed by atoms with Crippen molar-refractivity contribution in [2.24, 2.45) is 5.73 Å². The van der Waals surface area contributed by atoms with Crippen LogP contribution in [0.1, 0.15) is 69.4 Å². The summed E-state index contributed by atoms with van der Waals surface area (Å²) < 4.78 is 27.4. The van der Waals surface area contributed by atoms with E-state index in [1.54, 1.807) is 6.92 Å². The van der Waals surface area contributed by atoms with Crippen LogP contribution in [0.3, 0.4) is 0 Å². The minimum absolute atomic E-state index is 0.113. The summed E-state index contributed by atoms with van der Waals surface area (Å²) in [4.78, 5) is 37.0. The Morgan fingerprint density at radius 1 is 1.27 bits per heavy atom. The van der Waals surface area contributed by atoms with Gasteiger partial charge in [0.1, 0.15) is 11.9 Å². The molecule has 10 heteroatoms. The Labute approximate surface area is 174 Å². The van der Waals surface area contributed by atoms with Crippen molar-refractivity contribution < 1.29 is 33.2 Å². The molecule has 1 aromatic carbocycles. The van der Waals surface area contributed by atoms with Crippen LogP contribution in [0.25, 0.3) is 0 Å². The molecule has 0 saturated carbocycles. The van der Waals surface area contributed by atoms with Crippen molar-refractivity contribution in [1.29, 1.82) is 0 Å². The number of halogens is 1. The second kappa shape index (κ2) is 7.35. The summed E-state index contributed by atoms with van der Waals surface area (Å²) in [6.07, 6.45) is -0.497. The molecule has 2 aliphatic heterocycles. The minimum Gasteiger partial charge on any atom is -0.481 e. The Morgan fingerprint density at radius 2 is 1.83 bits per heavy atom. The van der Waals surface area contributed by atoms with Crippen LogP contribution in [0.4, 0.5) is 4.39 Å². The summed E-state index contributed by atoms with van der Waals surface area (Å²) in [5.41, 5.74) is 4.50. The zero-order chi connectivity index (χ0) is 22.6. The highest BCUT2D eigenvalue weighted by Gasteiger charge is 2.53. The highest BCUT2D eigenvalue weighted by atomic mass is 19.1. The predicted molar refractivity (Wildman–Crippen MR) is 107 cm³/mol. The number of nitrogens with two attached hydrogens (primary N) is 1. The molecule has 3 rings (SSSR count). The van der Waals surface area contributed by atoms with Crippen LogP contribution in [0.5, 0.6) is 0 Å². The molecule has 30 heavy (non-hydrogen) atoms. The Morgan fingerprint density at radius 3 is 2.33 bits per heavy atom. The second-order valence-corrected chi connectivity index (χ2v) is 8.76. The van der Waals surface area contributed by atoms with Gasteiger partial charge in [0.05, 0.1) is 17.2 Å². The molecule has 0 bridgehead atoms. The minimum atomic E-state index is -1.16. The average molecular weight is 420 g/mol. The van der Waals surface area contributed by atoms with Gasteiger partial charge in [-0.1, -0.05) is 6.07 Å². The summed E-state index contributed by atoms with van der Waals surface area (Å²) in [6, 6.07) is 0.963.